The second kappa shape index (κ2) is 7.04. The molecule has 4 rings (SSSR count). The van der Waals surface area contributed by atoms with Gasteiger partial charge in [-0.05, 0) is 36.8 Å². The number of hydrogen-bond donors (Lipinski definition) is 1. The van der Waals surface area contributed by atoms with Crippen molar-refractivity contribution in [3.8, 4) is 0 Å². The van der Waals surface area contributed by atoms with Gasteiger partial charge in [0.1, 0.15) is 24.1 Å². The Hall–Kier alpha value is -2.69. The molecule has 8 nitrogen and oxygen atoms in total. The van der Waals surface area contributed by atoms with Crippen LogP contribution in [0.5, 0.6) is 0 Å². The predicted molar refractivity (Wildman–Crippen MR) is 100 cm³/mol. The molecule has 0 bridgehead atoms. The van der Waals surface area contributed by atoms with Crippen LogP contribution in [-0.2, 0) is 14.8 Å². The molecule has 1 aliphatic heterocycles. The van der Waals surface area contributed by atoms with E-state index in [0.717, 1.165) is 6.07 Å². The maximum Gasteiger partial charge on any atom is 0.243 e. The maximum absolute atomic E-state index is 13.9. The number of pyridine rings is 1. The van der Waals surface area contributed by atoms with Crippen LogP contribution in [-0.4, -0.2) is 47.4 Å². The summed E-state index contributed by atoms with van der Waals surface area (Å²) in [5.74, 6) is -0.237. The van der Waals surface area contributed by atoms with Crippen LogP contribution in [0, 0.1) is 12.7 Å². The molecule has 146 valence electrons. The normalized spacial score (nSPS) is 18.4. The van der Waals surface area contributed by atoms with Crippen LogP contribution in [0.2, 0.25) is 0 Å². The number of nitrogen functional groups attached to an aromatic ring is 1. The average Bonchev–Trinajstić information content (AvgIpc) is 2.70. The number of hydrogen-bond acceptors (Lipinski definition) is 7. The van der Waals surface area contributed by atoms with E-state index in [2.05, 4.69) is 15.0 Å². The Morgan fingerprint density at radius 2 is 2.07 bits per heavy atom. The number of rotatable bonds is 3. The fourth-order valence-corrected chi connectivity index (χ4v) is 4.50. The lowest BCUT2D eigenvalue weighted by molar-refractivity contribution is -0.00479. The minimum absolute atomic E-state index is 0.0664. The molecular formula is C18H18FN5O3S. The second-order valence-corrected chi connectivity index (χ2v) is 8.44. The van der Waals surface area contributed by atoms with E-state index >= 15 is 0 Å². The van der Waals surface area contributed by atoms with Crippen LogP contribution < -0.4 is 5.73 Å². The van der Waals surface area contributed by atoms with Crippen LogP contribution in [0.25, 0.3) is 11.0 Å². The molecule has 3 heterocycles. The first-order chi connectivity index (χ1) is 13.4. The van der Waals surface area contributed by atoms with Crippen molar-refractivity contribution in [1.29, 1.82) is 0 Å². The van der Waals surface area contributed by atoms with Gasteiger partial charge in [-0.3, -0.25) is 0 Å². The van der Waals surface area contributed by atoms with Crippen molar-refractivity contribution in [2.24, 2.45) is 0 Å². The standard InChI is InChI=1S/C18H18FN5O3S/c1-11-2-3-12(8-14(11)19)28(25,26)24-6-7-27-16(9-24)15-5-4-13-17(20)21-10-22-18(13)23-15/h2-5,8,10,16H,6-7,9H2,1H3,(H2,20,21,22,23). The molecule has 1 saturated heterocycles. The summed E-state index contributed by atoms with van der Waals surface area (Å²) in [6.07, 6.45) is 0.748. The third-order valence-corrected chi connectivity index (χ3v) is 6.55. The molecule has 2 aromatic heterocycles. The van der Waals surface area contributed by atoms with Crippen LogP contribution >= 0.6 is 0 Å². The number of aryl methyl sites for hydroxylation is 1. The number of nitrogens with two attached hydrogens (primary N) is 1. The van der Waals surface area contributed by atoms with E-state index in [1.807, 2.05) is 0 Å². The van der Waals surface area contributed by atoms with Gasteiger partial charge in [-0.1, -0.05) is 6.07 Å². The maximum atomic E-state index is 13.9. The van der Waals surface area contributed by atoms with Crippen molar-refractivity contribution in [3.63, 3.8) is 0 Å². The fourth-order valence-electron chi connectivity index (χ4n) is 3.06. The molecule has 1 unspecified atom stereocenters. The van der Waals surface area contributed by atoms with Crippen molar-refractivity contribution in [3.05, 3.63) is 53.7 Å². The quantitative estimate of drug-likeness (QED) is 0.710. The molecule has 2 N–H and O–H groups in total. The molecule has 10 heteroatoms. The van der Waals surface area contributed by atoms with E-state index in [1.165, 1.54) is 22.8 Å². The van der Waals surface area contributed by atoms with Crippen LogP contribution in [0.15, 0.2) is 41.6 Å². The molecule has 1 fully saturated rings. The van der Waals surface area contributed by atoms with Gasteiger partial charge in [-0.2, -0.15) is 4.31 Å². The van der Waals surface area contributed by atoms with Gasteiger partial charge in [0.25, 0.3) is 0 Å². The molecule has 0 radical (unpaired) electrons. The lowest BCUT2D eigenvalue weighted by Gasteiger charge is -2.32. The van der Waals surface area contributed by atoms with E-state index in [0.29, 0.717) is 28.1 Å². The molecule has 0 spiro atoms. The molecule has 3 aromatic rings. The smallest absolute Gasteiger partial charge is 0.243 e. The van der Waals surface area contributed by atoms with Gasteiger partial charge in [0.05, 0.1) is 22.6 Å². The zero-order valence-corrected chi connectivity index (χ0v) is 15.9. The Morgan fingerprint density at radius 1 is 1.25 bits per heavy atom. The Labute approximate surface area is 161 Å². The number of anilines is 1. The van der Waals surface area contributed by atoms with Gasteiger partial charge >= 0.3 is 0 Å². The predicted octanol–water partition coefficient (Wildman–Crippen LogP) is 1.82. The number of sulfonamides is 1. The summed E-state index contributed by atoms with van der Waals surface area (Å²) in [5, 5.41) is 0.613. The lowest BCUT2D eigenvalue weighted by atomic mass is 10.2. The van der Waals surface area contributed by atoms with E-state index in [4.69, 9.17) is 10.5 Å². The molecule has 1 aliphatic rings. The summed E-state index contributed by atoms with van der Waals surface area (Å²) in [6, 6.07) is 7.36. The highest BCUT2D eigenvalue weighted by Gasteiger charge is 2.32. The van der Waals surface area contributed by atoms with Gasteiger partial charge < -0.3 is 10.5 Å². The van der Waals surface area contributed by atoms with E-state index in [1.54, 1.807) is 19.1 Å². The third kappa shape index (κ3) is 3.30. The summed E-state index contributed by atoms with van der Waals surface area (Å²) in [4.78, 5) is 12.4. The molecule has 1 atom stereocenters. The minimum Gasteiger partial charge on any atom is -0.383 e. The van der Waals surface area contributed by atoms with Crippen molar-refractivity contribution in [2.45, 2.75) is 17.9 Å². The Bertz CT molecular complexity index is 1160. The largest absolute Gasteiger partial charge is 0.383 e. The van der Waals surface area contributed by atoms with Gasteiger partial charge in [0.15, 0.2) is 5.65 Å². The van der Waals surface area contributed by atoms with Gasteiger partial charge in [0.2, 0.25) is 10.0 Å². The van der Waals surface area contributed by atoms with Crippen LogP contribution in [0.1, 0.15) is 17.4 Å². The minimum atomic E-state index is -3.85. The first-order valence-electron chi connectivity index (χ1n) is 8.61. The highest BCUT2D eigenvalue weighted by molar-refractivity contribution is 7.89. The topological polar surface area (TPSA) is 111 Å². The SMILES string of the molecule is Cc1ccc(S(=O)(=O)N2CCOC(c3ccc4c(N)ncnc4n3)C2)cc1F. The number of fused-ring (bicyclic) bond motifs is 1. The monoisotopic (exact) mass is 403 g/mol. The number of halogens is 1. The summed E-state index contributed by atoms with van der Waals surface area (Å²) >= 11 is 0. The first kappa shape index (κ1) is 18.7. The van der Waals surface area contributed by atoms with E-state index in [-0.39, 0.29) is 24.6 Å². The molecule has 0 aliphatic carbocycles. The number of ether oxygens (including phenoxy) is 1. The number of nitrogens with zero attached hydrogens (tertiary/aromatic N) is 4. The van der Waals surface area contributed by atoms with Crippen molar-refractivity contribution < 1.29 is 17.5 Å². The van der Waals surface area contributed by atoms with Crippen molar-refractivity contribution in [1.82, 2.24) is 19.3 Å². The highest BCUT2D eigenvalue weighted by Crippen LogP contribution is 2.27. The first-order valence-corrected chi connectivity index (χ1v) is 10.1. The van der Waals surface area contributed by atoms with Crippen molar-refractivity contribution >= 4 is 26.9 Å². The number of morpholine rings is 1. The summed E-state index contributed by atoms with van der Waals surface area (Å²) in [6.45, 7) is 2.02. The average molecular weight is 403 g/mol. The number of benzene rings is 1. The molecule has 0 amide bonds. The van der Waals surface area contributed by atoms with E-state index < -0.39 is 21.9 Å². The summed E-state index contributed by atoms with van der Waals surface area (Å²) in [7, 11) is -3.85. The third-order valence-electron chi connectivity index (χ3n) is 4.69. The second-order valence-electron chi connectivity index (χ2n) is 6.50. The van der Waals surface area contributed by atoms with Crippen LogP contribution in [0.3, 0.4) is 0 Å². The zero-order chi connectivity index (χ0) is 19.9. The Morgan fingerprint density at radius 3 is 2.86 bits per heavy atom. The molecule has 1 aromatic carbocycles. The van der Waals surface area contributed by atoms with Crippen molar-refractivity contribution in [2.75, 3.05) is 25.4 Å². The van der Waals surface area contributed by atoms with Crippen LogP contribution in [0.4, 0.5) is 10.2 Å². The van der Waals surface area contributed by atoms with Gasteiger partial charge in [-0.25, -0.2) is 27.8 Å². The summed E-state index contributed by atoms with van der Waals surface area (Å²) in [5.41, 5.74) is 7.15. The van der Waals surface area contributed by atoms with Gasteiger partial charge in [0, 0.05) is 13.1 Å². The Balaban J connectivity index is 1.63. The zero-order valence-electron chi connectivity index (χ0n) is 15.0. The lowest BCUT2D eigenvalue weighted by Crippen LogP contribution is -2.42. The molecule has 28 heavy (non-hydrogen) atoms. The fraction of sp³-hybridized carbons (Fsp3) is 0.278. The number of aromatic nitrogens is 3. The summed E-state index contributed by atoms with van der Waals surface area (Å²) < 4.78 is 46.7. The Kier molecular flexibility index (Phi) is 4.69. The molecular weight excluding hydrogens is 385 g/mol. The molecule has 0 saturated carbocycles. The van der Waals surface area contributed by atoms with Gasteiger partial charge in [-0.15, -0.1) is 0 Å². The van der Waals surface area contributed by atoms with E-state index in [9.17, 15) is 12.8 Å². The highest BCUT2D eigenvalue weighted by atomic mass is 32.2.